The van der Waals surface area contributed by atoms with Crippen LogP contribution >= 0.6 is 0 Å². The number of piperazine rings is 1. The van der Waals surface area contributed by atoms with Crippen molar-refractivity contribution >= 4 is 38.5 Å². The van der Waals surface area contributed by atoms with E-state index in [0.29, 0.717) is 74.0 Å². The van der Waals surface area contributed by atoms with Crippen LogP contribution in [0.15, 0.2) is 24.4 Å². The normalized spacial score (nSPS) is 19.3. The number of rotatable bonds is 14. The maximum atomic E-state index is 15.4. The Bertz CT molecular complexity index is 1770. The van der Waals surface area contributed by atoms with Gasteiger partial charge >= 0.3 is 0 Å². The number of hydroxylamine groups is 1. The van der Waals surface area contributed by atoms with Crippen molar-refractivity contribution in [2.45, 2.75) is 51.4 Å². The van der Waals surface area contributed by atoms with E-state index in [9.17, 15) is 13.2 Å². The number of hydrogen-bond donors (Lipinski definition) is 2. The molecule has 3 fully saturated rings. The molecule has 17 heteroatoms. The van der Waals surface area contributed by atoms with Crippen LogP contribution in [0.3, 0.4) is 0 Å². The van der Waals surface area contributed by atoms with E-state index >= 15 is 4.39 Å². The van der Waals surface area contributed by atoms with Gasteiger partial charge in [-0.05, 0) is 56.0 Å². The summed E-state index contributed by atoms with van der Waals surface area (Å²) in [6, 6.07) is 4.54. The monoisotopic (exact) mass is 730 g/mol. The molecular weight excluding hydrogens is 683 g/mol. The first-order valence-corrected chi connectivity index (χ1v) is 19.4. The number of anilines is 2. The van der Waals surface area contributed by atoms with Gasteiger partial charge in [-0.3, -0.25) is 14.4 Å². The molecule has 0 bridgehead atoms. The summed E-state index contributed by atoms with van der Waals surface area (Å²) >= 11 is 0. The van der Waals surface area contributed by atoms with Crippen molar-refractivity contribution in [3.8, 4) is 17.1 Å². The molecule has 2 N–H and O–H groups in total. The highest BCUT2D eigenvalue weighted by Crippen LogP contribution is 2.35. The maximum Gasteiger partial charge on any atom is 0.243 e. The molecule has 15 nitrogen and oxygen atoms in total. The third kappa shape index (κ3) is 10.2. The van der Waals surface area contributed by atoms with Gasteiger partial charge in [0.2, 0.25) is 27.8 Å². The Labute approximate surface area is 297 Å². The fraction of sp³-hybridized carbons (Fsp3) is 0.588. The molecule has 0 aliphatic carbocycles. The molecule has 3 saturated heterocycles. The minimum Gasteiger partial charge on any atom is -0.480 e. The van der Waals surface area contributed by atoms with Crippen LogP contribution in [0.2, 0.25) is 0 Å². The first-order valence-electron chi connectivity index (χ1n) is 17.5. The van der Waals surface area contributed by atoms with Crippen LogP contribution in [0.1, 0.15) is 44.1 Å². The predicted molar refractivity (Wildman–Crippen MR) is 189 cm³/mol. The number of unbranched alkanes of at least 4 members (excludes halogenated alkanes) is 1. The lowest BCUT2D eigenvalue weighted by Crippen LogP contribution is -2.46. The molecule has 3 aliphatic rings. The number of hydrogen-bond acceptors (Lipinski definition) is 13. The minimum absolute atomic E-state index is 0.0995. The number of morpholine rings is 1. The van der Waals surface area contributed by atoms with Crippen molar-refractivity contribution in [3.63, 3.8) is 0 Å². The Hall–Kier alpha value is -3.74. The molecule has 1 amide bonds. The summed E-state index contributed by atoms with van der Waals surface area (Å²) < 4.78 is 58.4. The standard InChI is InChI=1S/C34H47FN8O7S/c1-47-33-28(40-51(2,45)46)20-24(22-36-33)31-27-21-26(35)19-25(32(27)38-34(37-31)43-14-17-48-18-15-43)23-42-12-10-41(11-13-42)9-5-3-7-29(44)39-50-30-8-4-6-16-49-30/h19-22,30,40H,3-18,23H2,1-2H3,(H,39,44). The van der Waals surface area contributed by atoms with Crippen molar-refractivity contribution < 1.29 is 36.7 Å². The SMILES string of the molecule is COc1ncc(-c2nc(N3CCOCC3)nc3c(CN4CCN(CCCCC(=O)NOC5CCCCO5)CC4)cc(F)cc23)cc1NS(C)(=O)=O. The highest BCUT2D eigenvalue weighted by molar-refractivity contribution is 7.92. The predicted octanol–water partition coefficient (Wildman–Crippen LogP) is 2.91. The van der Waals surface area contributed by atoms with Crippen LogP contribution in [0.4, 0.5) is 16.0 Å². The Morgan fingerprint density at radius 2 is 1.80 bits per heavy atom. The summed E-state index contributed by atoms with van der Waals surface area (Å²) in [5.74, 6) is 0.0306. The minimum atomic E-state index is -3.64. The highest BCUT2D eigenvalue weighted by Gasteiger charge is 2.24. The average molecular weight is 731 g/mol. The van der Waals surface area contributed by atoms with Crippen molar-refractivity contribution in [1.29, 1.82) is 0 Å². The van der Waals surface area contributed by atoms with Crippen molar-refractivity contribution in [1.82, 2.24) is 30.2 Å². The van der Waals surface area contributed by atoms with Crippen LogP contribution in [0, 0.1) is 5.82 Å². The zero-order valence-corrected chi connectivity index (χ0v) is 30.1. The molecule has 5 heterocycles. The number of aromatic nitrogens is 3. The fourth-order valence-corrected chi connectivity index (χ4v) is 7.08. The van der Waals surface area contributed by atoms with E-state index in [1.165, 1.54) is 25.4 Å². The number of carbonyl (C=O) groups excluding carboxylic acids is 1. The number of pyridine rings is 1. The summed E-state index contributed by atoms with van der Waals surface area (Å²) in [6.07, 6.45) is 7.14. The molecule has 51 heavy (non-hydrogen) atoms. The first kappa shape index (κ1) is 37.0. The van der Waals surface area contributed by atoms with Gasteiger partial charge in [0.15, 0.2) is 6.29 Å². The first-order chi connectivity index (χ1) is 24.6. The van der Waals surface area contributed by atoms with Crippen LogP contribution in [0.25, 0.3) is 22.2 Å². The molecule has 3 aromatic rings. The largest absolute Gasteiger partial charge is 0.480 e. The second-order valence-corrected chi connectivity index (χ2v) is 14.9. The number of nitrogens with one attached hydrogen (secondary N) is 2. The number of fused-ring (bicyclic) bond motifs is 1. The summed E-state index contributed by atoms with van der Waals surface area (Å²) in [5, 5.41) is 0.499. The van der Waals surface area contributed by atoms with E-state index in [4.69, 9.17) is 29.0 Å². The van der Waals surface area contributed by atoms with Gasteiger partial charge in [-0.25, -0.2) is 38.1 Å². The Balaban J connectivity index is 1.14. The third-order valence-electron chi connectivity index (χ3n) is 9.17. The Morgan fingerprint density at radius 1 is 1.02 bits per heavy atom. The van der Waals surface area contributed by atoms with Crippen LogP contribution < -0.4 is 19.8 Å². The molecule has 1 atom stereocenters. The number of halogens is 1. The lowest BCUT2D eigenvalue weighted by atomic mass is 10.0. The number of benzene rings is 1. The highest BCUT2D eigenvalue weighted by atomic mass is 32.2. The van der Waals surface area contributed by atoms with Crippen molar-refractivity contribution in [3.05, 3.63) is 35.8 Å². The van der Waals surface area contributed by atoms with Crippen molar-refractivity contribution in [2.24, 2.45) is 0 Å². The van der Waals surface area contributed by atoms with E-state index in [-0.39, 0.29) is 23.8 Å². The Morgan fingerprint density at radius 3 is 2.53 bits per heavy atom. The summed E-state index contributed by atoms with van der Waals surface area (Å²) in [6.45, 7) is 7.60. The average Bonchev–Trinajstić information content (AvgIpc) is 3.13. The van der Waals surface area contributed by atoms with Gasteiger partial charge in [-0.1, -0.05) is 0 Å². The lowest BCUT2D eigenvalue weighted by molar-refractivity contribution is -0.200. The zero-order valence-electron chi connectivity index (χ0n) is 29.2. The van der Waals surface area contributed by atoms with Crippen molar-refractivity contribution in [2.75, 3.05) is 88.6 Å². The van der Waals surface area contributed by atoms with Gasteiger partial charge in [0.05, 0.1) is 37.8 Å². The van der Waals surface area contributed by atoms with E-state index in [2.05, 4.69) is 25.0 Å². The third-order valence-corrected chi connectivity index (χ3v) is 9.76. The smallest absolute Gasteiger partial charge is 0.243 e. The molecule has 0 spiro atoms. The van der Waals surface area contributed by atoms with E-state index in [1.54, 1.807) is 6.07 Å². The number of ether oxygens (including phenoxy) is 3. The number of methoxy groups -OCH3 is 1. The van der Waals surface area contributed by atoms with Gasteiger partial charge in [0.25, 0.3) is 0 Å². The van der Waals surface area contributed by atoms with Gasteiger partial charge in [-0.15, -0.1) is 0 Å². The quantitative estimate of drug-likeness (QED) is 0.184. The molecule has 0 radical (unpaired) electrons. The van der Waals surface area contributed by atoms with Gasteiger partial charge in [-0.2, -0.15) is 0 Å². The molecular formula is C34H47FN8O7S. The van der Waals surface area contributed by atoms with Crippen LogP contribution in [0.5, 0.6) is 5.88 Å². The molecule has 278 valence electrons. The molecule has 1 aromatic carbocycles. The topological polar surface area (TPSA) is 161 Å². The fourth-order valence-electron chi connectivity index (χ4n) is 6.54. The van der Waals surface area contributed by atoms with Gasteiger partial charge < -0.3 is 24.0 Å². The van der Waals surface area contributed by atoms with Crippen LogP contribution in [-0.4, -0.2) is 124 Å². The maximum absolute atomic E-state index is 15.4. The van der Waals surface area contributed by atoms with Gasteiger partial charge in [0.1, 0.15) is 11.5 Å². The number of nitrogens with zero attached hydrogens (tertiary/aromatic N) is 6. The summed E-state index contributed by atoms with van der Waals surface area (Å²) in [5.41, 5.74) is 4.94. The molecule has 2 aromatic heterocycles. The van der Waals surface area contributed by atoms with E-state index in [0.717, 1.165) is 76.6 Å². The lowest BCUT2D eigenvalue weighted by Gasteiger charge is -2.35. The molecule has 6 rings (SSSR count). The molecule has 1 unspecified atom stereocenters. The van der Waals surface area contributed by atoms with Gasteiger partial charge in [0, 0.05) is 82.4 Å². The second kappa shape index (κ2) is 17.2. The van der Waals surface area contributed by atoms with E-state index in [1.807, 2.05) is 4.90 Å². The zero-order chi connectivity index (χ0) is 35.8. The summed E-state index contributed by atoms with van der Waals surface area (Å²) in [4.78, 5) is 38.5. The second-order valence-electron chi connectivity index (χ2n) is 13.1. The molecule has 0 saturated carbocycles. The number of amides is 1. The number of sulfonamides is 1. The number of carbonyl (C=O) groups is 1. The molecule has 3 aliphatic heterocycles. The van der Waals surface area contributed by atoms with Crippen LogP contribution in [-0.2, 0) is 35.7 Å². The Kier molecular flexibility index (Phi) is 12.5. The summed E-state index contributed by atoms with van der Waals surface area (Å²) in [7, 11) is -2.24. The van der Waals surface area contributed by atoms with E-state index < -0.39 is 15.8 Å².